The van der Waals surface area contributed by atoms with Crippen LogP contribution in [-0.2, 0) is 11.3 Å². The SMILES string of the molecule is CN(CCC(OCc1cccc(N)c1)c1ccccc1)C(=O)O. The molecule has 0 fully saturated rings. The van der Waals surface area contributed by atoms with Gasteiger partial charge in [-0.05, 0) is 29.7 Å². The summed E-state index contributed by atoms with van der Waals surface area (Å²) in [5.41, 5.74) is 8.52. The molecule has 3 N–H and O–H groups in total. The van der Waals surface area contributed by atoms with Gasteiger partial charge in [-0.3, -0.25) is 0 Å². The van der Waals surface area contributed by atoms with Gasteiger partial charge in [-0.2, -0.15) is 0 Å². The summed E-state index contributed by atoms with van der Waals surface area (Å²) in [5, 5.41) is 8.98. The molecule has 0 heterocycles. The van der Waals surface area contributed by atoms with E-state index in [9.17, 15) is 4.79 Å². The highest BCUT2D eigenvalue weighted by Gasteiger charge is 2.15. The van der Waals surface area contributed by atoms with E-state index in [0.717, 1.165) is 11.1 Å². The van der Waals surface area contributed by atoms with E-state index in [4.69, 9.17) is 15.6 Å². The third-order valence-corrected chi connectivity index (χ3v) is 3.63. The van der Waals surface area contributed by atoms with E-state index in [1.807, 2.05) is 54.6 Å². The average Bonchev–Trinajstić information content (AvgIpc) is 2.55. The number of amides is 1. The number of ether oxygens (including phenoxy) is 1. The van der Waals surface area contributed by atoms with E-state index >= 15 is 0 Å². The molecule has 0 aliphatic heterocycles. The summed E-state index contributed by atoms with van der Waals surface area (Å²) in [6.45, 7) is 0.840. The molecule has 0 radical (unpaired) electrons. The van der Waals surface area contributed by atoms with Crippen LogP contribution in [0.25, 0.3) is 0 Å². The minimum absolute atomic E-state index is 0.167. The first-order chi connectivity index (χ1) is 11.1. The third kappa shape index (κ3) is 5.30. The van der Waals surface area contributed by atoms with Gasteiger partial charge in [-0.15, -0.1) is 0 Å². The Hall–Kier alpha value is -2.53. The van der Waals surface area contributed by atoms with Crippen molar-refractivity contribution in [1.82, 2.24) is 4.90 Å². The second-order valence-corrected chi connectivity index (χ2v) is 5.45. The number of benzene rings is 2. The molecular formula is C18H22N2O3. The van der Waals surface area contributed by atoms with Crippen LogP contribution in [0, 0.1) is 0 Å². The molecule has 0 aliphatic rings. The van der Waals surface area contributed by atoms with Crippen molar-refractivity contribution in [1.29, 1.82) is 0 Å². The van der Waals surface area contributed by atoms with Crippen LogP contribution in [0.1, 0.15) is 23.7 Å². The van der Waals surface area contributed by atoms with Gasteiger partial charge in [0.2, 0.25) is 0 Å². The number of nitrogen functional groups attached to an aromatic ring is 1. The number of carbonyl (C=O) groups is 1. The molecule has 1 atom stereocenters. The second kappa shape index (κ2) is 8.19. The van der Waals surface area contributed by atoms with Gasteiger partial charge in [-0.1, -0.05) is 42.5 Å². The van der Waals surface area contributed by atoms with Crippen molar-refractivity contribution in [2.24, 2.45) is 0 Å². The first kappa shape index (κ1) is 16.8. The van der Waals surface area contributed by atoms with E-state index in [-0.39, 0.29) is 6.10 Å². The van der Waals surface area contributed by atoms with E-state index in [1.165, 1.54) is 4.90 Å². The summed E-state index contributed by atoms with van der Waals surface area (Å²) >= 11 is 0. The van der Waals surface area contributed by atoms with Gasteiger partial charge in [0.15, 0.2) is 0 Å². The van der Waals surface area contributed by atoms with Gasteiger partial charge in [0, 0.05) is 19.3 Å². The fourth-order valence-electron chi connectivity index (χ4n) is 2.30. The molecule has 122 valence electrons. The van der Waals surface area contributed by atoms with Gasteiger partial charge in [0.1, 0.15) is 0 Å². The minimum atomic E-state index is -0.937. The predicted molar refractivity (Wildman–Crippen MR) is 90.1 cm³/mol. The van der Waals surface area contributed by atoms with Crippen molar-refractivity contribution in [3.05, 3.63) is 65.7 Å². The number of nitrogens with two attached hydrogens (primary N) is 1. The van der Waals surface area contributed by atoms with E-state index in [0.29, 0.717) is 25.3 Å². The summed E-state index contributed by atoms with van der Waals surface area (Å²) in [6, 6.07) is 17.4. The van der Waals surface area contributed by atoms with Crippen molar-refractivity contribution < 1.29 is 14.6 Å². The zero-order valence-corrected chi connectivity index (χ0v) is 13.2. The molecule has 0 aromatic heterocycles. The number of rotatable bonds is 7. The Bertz CT molecular complexity index is 631. The lowest BCUT2D eigenvalue weighted by atomic mass is 10.1. The van der Waals surface area contributed by atoms with Crippen LogP contribution in [0.15, 0.2) is 54.6 Å². The number of anilines is 1. The Morgan fingerprint density at radius 2 is 1.96 bits per heavy atom. The van der Waals surface area contributed by atoms with Gasteiger partial charge < -0.3 is 20.5 Å². The first-order valence-electron chi connectivity index (χ1n) is 7.51. The van der Waals surface area contributed by atoms with E-state index in [1.54, 1.807) is 7.05 Å². The van der Waals surface area contributed by atoms with Gasteiger partial charge in [0.05, 0.1) is 12.7 Å². The fourth-order valence-corrected chi connectivity index (χ4v) is 2.30. The molecule has 5 nitrogen and oxygen atoms in total. The molecule has 0 saturated carbocycles. The molecule has 1 unspecified atom stereocenters. The summed E-state index contributed by atoms with van der Waals surface area (Å²) in [6.07, 6.45) is -0.512. The molecule has 2 rings (SSSR count). The lowest BCUT2D eigenvalue weighted by Crippen LogP contribution is -2.27. The molecule has 23 heavy (non-hydrogen) atoms. The number of hydrogen-bond donors (Lipinski definition) is 2. The minimum Gasteiger partial charge on any atom is -0.465 e. The maximum Gasteiger partial charge on any atom is 0.407 e. The molecule has 0 aliphatic carbocycles. The highest BCUT2D eigenvalue weighted by Crippen LogP contribution is 2.23. The molecule has 5 heteroatoms. The number of nitrogens with zero attached hydrogens (tertiary/aromatic N) is 1. The van der Waals surface area contributed by atoms with Crippen LogP contribution in [0.2, 0.25) is 0 Å². The quantitative estimate of drug-likeness (QED) is 0.767. The van der Waals surface area contributed by atoms with Gasteiger partial charge in [0.25, 0.3) is 0 Å². The van der Waals surface area contributed by atoms with Gasteiger partial charge >= 0.3 is 6.09 Å². The fraction of sp³-hybridized carbons (Fsp3) is 0.278. The highest BCUT2D eigenvalue weighted by atomic mass is 16.5. The highest BCUT2D eigenvalue weighted by molar-refractivity contribution is 5.64. The largest absolute Gasteiger partial charge is 0.465 e. The van der Waals surface area contributed by atoms with Crippen molar-refractivity contribution in [3.63, 3.8) is 0 Å². The number of hydrogen-bond acceptors (Lipinski definition) is 3. The monoisotopic (exact) mass is 314 g/mol. The molecule has 0 saturated heterocycles. The summed E-state index contributed by atoms with van der Waals surface area (Å²) in [5.74, 6) is 0. The predicted octanol–water partition coefficient (Wildman–Crippen LogP) is 3.53. The summed E-state index contributed by atoms with van der Waals surface area (Å²) in [7, 11) is 1.56. The maximum absolute atomic E-state index is 10.9. The molecule has 2 aromatic rings. The van der Waals surface area contributed by atoms with Crippen LogP contribution in [0.4, 0.5) is 10.5 Å². The average molecular weight is 314 g/mol. The first-order valence-corrected chi connectivity index (χ1v) is 7.51. The van der Waals surface area contributed by atoms with Crippen molar-refractivity contribution in [3.8, 4) is 0 Å². The van der Waals surface area contributed by atoms with Crippen molar-refractivity contribution in [2.45, 2.75) is 19.1 Å². The molecular weight excluding hydrogens is 292 g/mol. The summed E-state index contributed by atoms with van der Waals surface area (Å²) in [4.78, 5) is 12.2. The van der Waals surface area contributed by atoms with Crippen LogP contribution < -0.4 is 5.73 Å². The van der Waals surface area contributed by atoms with Crippen LogP contribution in [0.3, 0.4) is 0 Å². The molecule has 0 spiro atoms. The second-order valence-electron chi connectivity index (χ2n) is 5.45. The Morgan fingerprint density at radius 1 is 1.22 bits per heavy atom. The van der Waals surface area contributed by atoms with Crippen LogP contribution >= 0.6 is 0 Å². The molecule has 0 bridgehead atoms. The standard InChI is InChI=1S/C18H22N2O3/c1-20(18(21)22)11-10-17(15-7-3-2-4-8-15)23-13-14-6-5-9-16(19)12-14/h2-9,12,17H,10-11,13,19H2,1H3,(H,21,22). The van der Waals surface area contributed by atoms with Gasteiger partial charge in [-0.25, -0.2) is 4.79 Å². The topological polar surface area (TPSA) is 75.8 Å². The zero-order valence-electron chi connectivity index (χ0n) is 13.2. The van der Waals surface area contributed by atoms with Crippen molar-refractivity contribution >= 4 is 11.8 Å². The number of carboxylic acid groups (broad SMARTS) is 1. The molecule has 1 amide bonds. The lowest BCUT2D eigenvalue weighted by molar-refractivity contribution is 0.0288. The smallest absolute Gasteiger partial charge is 0.407 e. The lowest BCUT2D eigenvalue weighted by Gasteiger charge is -2.21. The Morgan fingerprint density at radius 3 is 2.61 bits per heavy atom. The Labute approximate surface area is 136 Å². The summed E-state index contributed by atoms with van der Waals surface area (Å²) < 4.78 is 6.02. The Balaban J connectivity index is 2.03. The van der Waals surface area contributed by atoms with E-state index in [2.05, 4.69) is 0 Å². The van der Waals surface area contributed by atoms with Crippen molar-refractivity contribution in [2.75, 3.05) is 19.3 Å². The Kier molecular flexibility index (Phi) is 6.00. The van der Waals surface area contributed by atoms with Crippen LogP contribution in [0.5, 0.6) is 0 Å². The third-order valence-electron chi connectivity index (χ3n) is 3.63. The zero-order chi connectivity index (χ0) is 16.7. The molecule has 2 aromatic carbocycles. The maximum atomic E-state index is 10.9. The van der Waals surface area contributed by atoms with E-state index < -0.39 is 6.09 Å². The van der Waals surface area contributed by atoms with Crippen LogP contribution in [-0.4, -0.2) is 29.7 Å². The normalized spacial score (nSPS) is 11.9.